The van der Waals surface area contributed by atoms with Gasteiger partial charge in [0.15, 0.2) is 0 Å². The highest BCUT2D eigenvalue weighted by atomic mass is 16.3. The number of carbonyl (C=O) groups excluding carboxylic acids is 1. The maximum atomic E-state index is 12.4. The average molecular weight is 304 g/mol. The topological polar surface area (TPSA) is 69.6 Å². The fourth-order valence-electron chi connectivity index (χ4n) is 3.53. The van der Waals surface area contributed by atoms with Crippen molar-refractivity contribution in [1.29, 1.82) is 0 Å². The number of hydrogen-bond donors (Lipinski definition) is 1. The lowest BCUT2D eigenvalue weighted by Gasteiger charge is -2.32. The van der Waals surface area contributed by atoms with E-state index >= 15 is 0 Å². The van der Waals surface area contributed by atoms with Crippen LogP contribution in [-0.2, 0) is 4.79 Å². The van der Waals surface area contributed by atoms with Gasteiger partial charge in [-0.05, 0) is 26.0 Å². The van der Waals surface area contributed by atoms with E-state index in [1.807, 2.05) is 18.0 Å². The summed E-state index contributed by atoms with van der Waals surface area (Å²) in [5.41, 5.74) is 0. The second-order valence-electron chi connectivity index (χ2n) is 6.51. The minimum atomic E-state index is -0.371. The molecule has 1 N–H and O–H groups in total. The van der Waals surface area contributed by atoms with Crippen molar-refractivity contribution in [1.82, 2.24) is 19.8 Å². The quantitative estimate of drug-likeness (QED) is 0.880. The fraction of sp³-hybridized carbons (Fsp3) is 0.688. The summed E-state index contributed by atoms with van der Waals surface area (Å²) in [6.45, 7) is 3.01. The van der Waals surface area contributed by atoms with Gasteiger partial charge in [-0.25, -0.2) is 9.97 Å². The summed E-state index contributed by atoms with van der Waals surface area (Å²) in [5, 5.41) is 9.97. The van der Waals surface area contributed by atoms with Crippen molar-refractivity contribution in [3.8, 4) is 0 Å². The van der Waals surface area contributed by atoms with Gasteiger partial charge in [0.1, 0.15) is 5.82 Å². The summed E-state index contributed by atoms with van der Waals surface area (Å²) in [4.78, 5) is 25.1. The van der Waals surface area contributed by atoms with Crippen molar-refractivity contribution in [3.05, 3.63) is 24.3 Å². The van der Waals surface area contributed by atoms with E-state index < -0.39 is 0 Å². The summed E-state index contributed by atoms with van der Waals surface area (Å²) in [6.07, 6.45) is 5.48. The molecule has 6 nitrogen and oxygen atoms in total. The van der Waals surface area contributed by atoms with Crippen molar-refractivity contribution < 1.29 is 9.90 Å². The van der Waals surface area contributed by atoms with Crippen molar-refractivity contribution in [2.45, 2.75) is 31.3 Å². The highest BCUT2D eigenvalue weighted by molar-refractivity contribution is 5.76. The third kappa shape index (κ3) is 3.44. The van der Waals surface area contributed by atoms with Crippen LogP contribution in [-0.4, -0.2) is 70.1 Å². The third-order valence-electron chi connectivity index (χ3n) is 4.82. The van der Waals surface area contributed by atoms with Gasteiger partial charge in [0.2, 0.25) is 5.91 Å². The Kier molecular flexibility index (Phi) is 4.69. The molecule has 3 heterocycles. The molecular formula is C16H24N4O2. The predicted octanol–water partition coefficient (Wildman–Crippen LogP) is 0.495. The number of rotatable bonds is 3. The van der Waals surface area contributed by atoms with Crippen LogP contribution in [0.15, 0.2) is 18.5 Å². The van der Waals surface area contributed by atoms with E-state index in [1.54, 1.807) is 12.4 Å². The van der Waals surface area contributed by atoms with E-state index in [2.05, 4.69) is 14.9 Å². The predicted molar refractivity (Wildman–Crippen MR) is 82.2 cm³/mol. The third-order valence-corrected chi connectivity index (χ3v) is 4.82. The number of β-amino-alcohol motifs (C(OH)–C–C–N with tert-alkyl or cyclic N) is 1. The van der Waals surface area contributed by atoms with Crippen molar-refractivity contribution in [3.63, 3.8) is 0 Å². The lowest BCUT2D eigenvalue weighted by atomic mass is 9.94. The minimum Gasteiger partial charge on any atom is -0.391 e. The molecule has 0 unspecified atom stereocenters. The van der Waals surface area contributed by atoms with Crippen LogP contribution in [0.1, 0.15) is 31.0 Å². The number of piperidine rings is 1. The van der Waals surface area contributed by atoms with Crippen LogP contribution in [0.25, 0.3) is 0 Å². The van der Waals surface area contributed by atoms with Crippen LogP contribution < -0.4 is 0 Å². The van der Waals surface area contributed by atoms with Crippen LogP contribution in [0.4, 0.5) is 0 Å². The monoisotopic (exact) mass is 304 g/mol. The Hall–Kier alpha value is -1.53. The number of likely N-dealkylation sites (N-methyl/N-ethyl adjacent to an activating group) is 1. The van der Waals surface area contributed by atoms with Crippen LogP contribution in [0.3, 0.4) is 0 Å². The Morgan fingerprint density at radius 2 is 1.95 bits per heavy atom. The zero-order valence-corrected chi connectivity index (χ0v) is 13.1. The number of aliphatic hydroxyl groups is 1. The highest BCUT2D eigenvalue weighted by Crippen LogP contribution is 2.27. The van der Waals surface area contributed by atoms with Gasteiger partial charge in [-0.2, -0.15) is 0 Å². The molecule has 0 bridgehead atoms. The normalized spacial score (nSPS) is 27.3. The van der Waals surface area contributed by atoms with Gasteiger partial charge >= 0.3 is 0 Å². The SMILES string of the molecule is CN1C[C@@H](CC(=O)N2CCC(c3ncccn3)CC2)[C@H](O)C1. The van der Waals surface area contributed by atoms with Gasteiger partial charge in [0, 0.05) is 56.8 Å². The molecule has 6 heteroatoms. The molecule has 1 aromatic heterocycles. The molecule has 0 aliphatic carbocycles. The minimum absolute atomic E-state index is 0.0766. The average Bonchev–Trinajstić information content (AvgIpc) is 2.86. The molecule has 2 aliphatic rings. The van der Waals surface area contributed by atoms with Crippen LogP contribution >= 0.6 is 0 Å². The lowest BCUT2D eigenvalue weighted by Crippen LogP contribution is -2.40. The van der Waals surface area contributed by atoms with Gasteiger partial charge in [-0.3, -0.25) is 4.79 Å². The van der Waals surface area contributed by atoms with Gasteiger partial charge in [0.25, 0.3) is 0 Å². The zero-order chi connectivity index (χ0) is 15.5. The highest BCUT2D eigenvalue weighted by Gasteiger charge is 2.33. The van der Waals surface area contributed by atoms with E-state index in [0.29, 0.717) is 18.9 Å². The van der Waals surface area contributed by atoms with E-state index in [1.165, 1.54) is 0 Å². The van der Waals surface area contributed by atoms with Crippen LogP contribution in [0.2, 0.25) is 0 Å². The number of aliphatic hydroxyl groups excluding tert-OH is 1. The number of nitrogens with zero attached hydrogens (tertiary/aromatic N) is 4. The molecule has 2 fully saturated rings. The molecule has 0 radical (unpaired) electrons. The Balaban J connectivity index is 1.50. The summed E-state index contributed by atoms with van der Waals surface area (Å²) in [5.74, 6) is 1.50. The molecule has 2 aliphatic heterocycles. The maximum Gasteiger partial charge on any atom is 0.222 e. The standard InChI is InChI=1S/C16H24N4O2/c1-19-10-13(14(21)11-19)9-15(22)20-7-3-12(4-8-20)16-17-5-2-6-18-16/h2,5-6,12-14,21H,3-4,7-11H2,1H3/t13-,14-/m1/s1. The van der Waals surface area contributed by atoms with E-state index in [4.69, 9.17) is 0 Å². The summed E-state index contributed by atoms with van der Waals surface area (Å²) in [6, 6.07) is 1.83. The number of amides is 1. The molecule has 3 rings (SSSR count). The number of carbonyl (C=O) groups is 1. The first-order valence-electron chi connectivity index (χ1n) is 8.05. The lowest BCUT2D eigenvalue weighted by molar-refractivity contribution is -0.133. The van der Waals surface area contributed by atoms with Crippen molar-refractivity contribution >= 4 is 5.91 Å². The number of aromatic nitrogens is 2. The first kappa shape index (κ1) is 15.4. The molecule has 0 spiro atoms. The molecule has 120 valence electrons. The van der Waals surface area contributed by atoms with Gasteiger partial charge in [-0.1, -0.05) is 0 Å². The Morgan fingerprint density at radius 1 is 1.27 bits per heavy atom. The molecule has 2 saturated heterocycles. The largest absolute Gasteiger partial charge is 0.391 e. The number of likely N-dealkylation sites (tertiary alicyclic amines) is 2. The van der Waals surface area contributed by atoms with Gasteiger partial charge in [-0.15, -0.1) is 0 Å². The first-order chi connectivity index (χ1) is 10.6. The van der Waals surface area contributed by atoms with Crippen LogP contribution in [0.5, 0.6) is 0 Å². The Bertz CT molecular complexity index is 502. The molecule has 0 aromatic carbocycles. The molecule has 1 aromatic rings. The van der Waals surface area contributed by atoms with Crippen LogP contribution in [0, 0.1) is 5.92 Å². The second-order valence-corrected chi connectivity index (χ2v) is 6.51. The molecule has 2 atom stereocenters. The number of hydrogen-bond acceptors (Lipinski definition) is 5. The molecule has 22 heavy (non-hydrogen) atoms. The van der Waals surface area contributed by atoms with Crippen molar-refractivity contribution in [2.75, 3.05) is 33.2 Å². The first-order valence-corrected chi connectivity index (χ1v) is 8.05. The smallest absolute Gasteiger partial charge is 0.222 e. The van der Waals surface area contributed by atoms with E-state index in [9.17, 15) is 9.90 Å². The second kappa shape index (κ2) is 6.71. The fourth-order valence-corrected chi connectivity index (χ4v) is 3.53. The summed E-state index contributed by atoms with van der Waals surface area (Å²) < 4.78 is 0. The summed E-state index contributed by atoms with van der Waals surface area (Å²) >= 11 is 0. The Morgan fingerprint density at radius 3 is 2.55 bits per heavy atom. The van der Waals surface area contributed by atoms with Gasteiger partial charge in [0.05, 0.1) is 6.10 Å². The molecular weight excluding hydrogens is 280 g/mol. The maximum absolute atomic E-state index is 12.4. The molecule has 0 saturated carbocycles. The summed E-state index contributed by atoms with van der Waals surface area (Å²) in [7, 11) is 1.99. The van der Waals surface area contributed by atoms with Gasteiger partial charge < -0.3 is 14.9 Å². The van der Waals surface area contributed by atoms with E-state index in [-0.39, 0.29) is 17.9 Å². The molecule has 1 amide bonds. The van der Waals surface area contributed by atoms with E-state index in [0.717, 1.165) is 38.3 Å². The Labute approximate surface area is 131 Å². The zero-order valence-electron chi connectivity index (χ0n) is 13.1. The van der Waals surface area contributed by atoms with Crippen molar-refractivity contribution in [2.24, 2.45) is 5.92 Å².